The summed E-state index contributed by atoms with van der Waals surface area (Å²) < 4.78 is 7.85. The monoisotopic (exact) mass is 504 g/mol. The summed E-state index contributed by atoms with van der Waals surface area (Å²) in [4.78, 5) is 53.1. The first-order chi connectivity index (χ1) is 17.0. The van der Waals surface area contributed by atoms with E-state index in [1.54, 1.807) is 4.90 Å². The number of amides is 3. The molecule has 3 aliphatic rings. The van der Waals surface area contributed by atoms with Gasteiger partial charge in [-0.05, 0) is 43.9 Å². The average Bonchev–Trinajstić information content (AvgIpc) is 3.26. The van der Waals surface area contributed by atoms with Crippen molar-refractivity contribution in [3.05, 3.63) is 26.4 Å². The summed E-state index contributed by atoms with van der Waals surface area (Å²) in [6, 6.07) is -0.815. The Morgan fingerprint density at radius 2 is 1.92 bits per heavy atom. The molecule has 1 aromatic rings. The van der Waals surface area contributed by atoms with Gasteiger partial charge in [-0.3, -0.25) is 29.4 Å². The first-order valence-electron chi connectivity index (χ1n) is 12.6. The highest BCUT2D eigenvalue weighted by atomic mass is 16.5. The highest BCUT2D eigenvalue weighted by Crippen LogP contribution is 2.43. The van der Waals surface area contributed by atoms with Crippen molar-refractivity contribution >= 4 is 17.8 Å². The number of carbonyl (C=O) groups excluding carboxylic acids is 2. The van der Waals surface area contributed by atoms with Crippen LogP contribution >= 0.6 is 0 Å². The number of aromatic hydroxyl groups is 1. The number of carbonyl (C=O) groups is 2. The van der Waals surface area contributed by atoms with Crippen molar-refractivity contribution in [2.24, 2.45) is 11.1 Å². The van der Waals surface area contributed by atoms with Crippen LogP contribution in [0.15, 0.2) is 9.59 Å². The molecular formula is C24H36N6O6. The number of urea groups is 1. The molecule has 3 amide bonds. The summed E-state index contributed by atoms with van der Waals surface area (Å²) in [7, 11) is 0. The van der Waals surface area contributed by atoms with Gasteiger partial charge in [0, 0.05) is 25.7 Å². The van der Waals surface area contributed by atoms with Crippen LogP contribution in [0.1, 0.15) is 76.8 Å². The molecule has 0 radical (unpaired) electrons. The van der Waals surface area contributed by atoms with Crippen LogP contribution < -0.4 is 22.3 Å². The fraction of sp³-hybridized carbons (Fsp3) is 0.708. The van der Waals surface area contributed by atoms with Crippen molar-refractivity contribution in [3.8, 4) is 5.88 Å². The van der Waals surface area contributed by atoms with Crippen LogP contribution in [0, 0.1) is 10.8 Å². The van der Waals surface area contributed by atoms with Crippen LogP contribution in [0.5, 0.6) is 5.88 Å². The van der Waals surface area contributed by atoms with Crippen LogP contribution in [-0.2, 0) is 16.1 Å². The summed E-state index contributed by atoms with van der Waals surface area (Å²) in [6.45, 7) is 5.52. The third kappa shape index (κ3) is 4.54. The molecule has 0 aromatic carbocycles. The standard InChI is InChI=1S/C24H36N6O6/c1-3-4-10-28-19(32)17(18(25)26)20(33)30(22(28)35)15-5-7-23(2,8-6-15)13-29-21(34)27-16(31)12-24(29)9-11-36-14-24/h15,32H,3-14H2,1-2H3,(H3,25,26)(H,27,31,34). The van der Waals surface area contributed by atoms with E-state index in [1.165, 1.54) is 0 Å². The van der Waals surface area contributed by atoms with Gasteiger partial charge in [0.15, 0.2) is 0 Å². The molecule has 36 heavy (non-hydrogen) atoms. The molecule has 1 atom stereocenters. The fourth-order valence-corrected chi connectivity index (χ4v) is 5.86. The lowest BCUT2D eigenvalue weighted by Crippen LogP contribution is -2.65. The van der Waals surface area contributed by atoms with Crippen molar-refractivity contribution in [1.82, 2.24) is 19.4 Å². The Balaban J connectivity index is 1.58. The van der Waals surface area contributed by atoms with E-state index in [-0.39, 0.29) is 29.9 Å². The molecule has 1 spiro atoms. The van der Waals surface area contributed by atoms with Gasteiger partial charge < -0.3 is 20.5 Å². The molecule has 1 unspecified atom stereocenters. The molecule has 0 bridgehead atoms. The van der Waals surface area contributed by atoms with Gasteiger partial charge in [-0.15, -0.1) is 0 Å². The molecule has 1 saturated carbocycles. The van der Waals surface area contributed by atoms with Gasteiger partial charge >= 0.3 is 11.7 Å². The second-order valence-corrected chi connectivity index (χ2v) is 10.8. The van der Waals surface area contributed by atoms with E-state index in [1.807, 2.05) is 6.92 Å². The molecule has 3 heterocycles. The van der Waals surface area contributed by atoms with Gasteiger partial charge in [-0.25, -0.2) is 9.59 Å². The topological polar surface area (TPSA) is 173 Å². The first-order valence-corrected chi connectivity index (χ1v) is 12.6. The molecule has 5 N–H and O–H groups in total. The van der Waals surface area contributed by atoms with E-state index < -0.39 is 40.6 Å². The summed E-state index contributed by atoms with van der Waals surface area (Å²) in [5, 5.41) is 20.8. The maximum absolute atomic E-state index is 13.3. The molecule has 12 nitrogen and oxygen atoms in total. The predicted molar refractivity (Wildman–Crippen MR) is 131 cm³/mol. The summed E-state index contributed by atoms with van der Waals surface area (Å²) in [6.07, 6.45) is 4.54. The lowest BCUT2D eigenvalue weighted by molar-refractivity contribution is -0.126. The maximum atomic E-state index is 13.3. The Bertz CT molecular complexity index is 1170. The van der Waals surface area contributed by atoms with Crippen molar-refractivity contribution in [2.45, 2.75) is 83.3 Å². The van der Waals surface area contributed by atoms with Crippen LogP contribution in [0.4, 0.5) is 4.79 Å². The highest BCUT2D eigenvalue weighted by Gasteiger charge is 2.50. The van der Waals surface area contributed by atoms with Crippen molar-refractivity contribution < 1.29 is 19.4 Å². The minimum Gasteiger partial charge on any atom is -0.494 e. The SMILES string of the molecule is CCCCn1c(O)c(C(=N)N)c(=O)n(C2CCC(C)(CN3C(=O)NC(=O)CC34CCOC4)CC2)c1=O. The van der Waals surface area contributed by atoms with Crippen LogP contribution in [0.25, 0.3) is 0 Å². The number of nitrogens with one attached hydrogen (secondary N) is 2. The molecule has 3 fully saturated rings. The Kier molecular flexibility index (Phi) is 7.00. The normalized spacial score (nSPS) is 28.5. The summed E-state index contributed by atoms with van der Waals surface area (Å²) in [5.74, 6) is -1.42. The number of imide groups is 1. The maximum Gasteiger partial charge on any atom is 0.334 e. The third-order valence-electron chi connectivity index (χ3n) is 8.06. The summed E-state index contributed by atoms with van der Waals surface area (Å²) in [5.41, 5.74) is 3.00. The summed E-state index contributed by atoms with van der Waals surface area (Å²) >= 11 is 0. The molecule has 1 aliphatic carbocycles. The van der Waals surface area contributed by atoms with E-state index in [4.69, 9.17) is 15.9 Å². The Morgan fingerprint density at radius 3 is 2.50 bits per heavy atom. The second-order valence-electron chi connectivity index (χ2n) is 10.8. The number of rotatable bonds is 7. The third-order valence-corrected chi connectivity index (χ3v) is 8.06. The zero-order valence-electron chi connectivity index (χ0n) is 21.0. The van der Waals surface area contributed by atoms with Gasteiger partial charge in [0.1, 0.15) is 11.4 Å². The Hall–Kier alpha value is -3.15. The molecule has 198 valence electrons. The lowest BCUT2D eigenvalue weighted by atomic mass is 9.72. The van der Waals surface area contributed by atoms with Crippen molar-refractivity contribution in [2.75, 3.05) is 19.8 Å². The smallest absolute Gasteiger partial charge is 0.334 e. The minimum absolute atomic E-state index is 0.214. The predicted octanol–water partition coefficient (Wildman–Crippen LogP) is 1.02. The number of hydrogen-bond donors (Lipinski definition) is 4. The molecule has 1 aromatic heterocycles. The van der Waals surface area contributed by atoms with Crippen molar-refractivity contribution in [3.63, 3.8) is 0 Å². The van der Waals surface area contributed by atoms with E-state index in [0.717, 1.165) is 15.6 Å². The largest absolute Gasteiger partial charge is 0.494 e. The van der Waals surface area contributed by atoms with Gasteiger partial charge in [0.25, 0.3) is 5.56 Å². The van der Waals surface area contributed by atoms with E-state index in [9.17, 15) is 24.3 Å². The van der Waals surface area contributed by atoms with Gasteiger partial charge in [-0.2, -0.15) is 0 Å². The van der Waals surface area contributed by atoms with Gasteiger partial charge in [0.05, 0.1) is 18.6 Å². The quantitative estimate of drug-likeness (QED) is 0.317. The molecule has 2 aliphatic heterocycles. The second kappa shape index (κ2) is 9.72. The highest BCUT2D eigenvalue weighted by molar-refractivity contribution is 5.98. The minimum atomic E-state index is -0.748. The average molecular weight is 505 g/mol. The zero-order chi connectivity index (χ0) is 26.3. The van der Waals surface area contributed by atoms with Gasteiger partial charge in [-0.1, -0.05) is 20.3 Å². The van der Waals surface area contributed by atoms with Crippen molar-refractivity contribution in [1.29, 1.82) is 5.41 Å². The number of ether oxygens (including phenoxy) is 1. The van der Waals surface area contributed by atoms with E-state index >= 15 is 0 Å². The fourth-order valence-electron chi connectivity index (χ4n) is 5.86. The lowest BCUT2D eigenvalue weighted by Gasteiger charge is -2.48. The number of amidine groups is 1. The Morgan fingerprint density at radius 1 is 1.22 bits per heavy atom. The molecule has 12 heteroatoms. The molecule has 2 saturated heterocycles. The number of nitrogens with zero attached hydrogens (tertiary/aromatic N) is 3. The number of unbranched alkanes of at least 4 members (excludes halogenated alkanes) is 1. The number of nitrogen functional groups attached to an aromatic ring is 1. The molecular weight excluding hydrogens is 468 g/mol. The number of hydrogen-bond acceptors (Lipinski definition) is 7. The van der Waals surface area contributed by atoms with E-state index in [0.29, 0.717) is 58.3 Å². The zero-order valence-corrected chi connectivity index (χ0v) is 21.0. The van der Waals surface area contributed by atoms with Crippen LogP contribution in [0.2, 0.25) is 0 Å². The molecule has 4 rings (SSSR count). The van der Waals surface area contributed by atoms with E-state index in [2.05, 4.69) is 12.2 Å². The number of aromatic nitrogens is 2. The van der Waals surface area contributed by atoms with Crippen LogP contribution in [-0.4, -0.2) is 62.2 Å². The van der Waals surface area contributed by atoms with Crippen LogP contribution in [0.3, 0.4) is 0 Å². The Labute approximate surface area is 208 Å². The first kappa shape index (κ1) is 25.9. The number of nitrogens with two attached hydrogens (primary N) is 1. The van der Waals surface area contributed by atoms with Gasteiger partial charge in [0.2, 0.25) is 11.8 Å².